The predicted octanol–water partition coefficient (Wildman–Crippen LogP) is 10.1. The van der Waals surface area contributed by atoms with E-state index < -0.39 is 52.8 Å². The minimum atomic E-state index is -4.37. The highest BCUT2D eigenvalue weighted by Crippen LogP contribution is 2.38. The van der Waals surface area contributed by atoms with Crippen LogP contribution in [0, 0.1) is 35.0 Å². The Balaban J connectivity index is 1.26. The van der Waals surface area contributed by atoms with E-state index in [9.17, 15) is 22.0 Å². The third-order valence-corrected chi connectivity index (χ3v) is 7.44. The first-order chi connectivity index (χ1) is 21.1. The number of rotatable bonds is 10. The summed E-state index contributed by atoms with van der Waals surface area (Å²) in [6.45, 7) is 2.76. The van der Waals surface area contributed by atoms with Gasteiger partial charge in [-0.1, -0.05) is 56.5 Å². The fourth-order valence-corrected chi connectivity index (χ4v) is 5.10. The number of unbranched alkanes of at least 4 members (excludes halogenated alkanes) is 2. The normalized spacial score (nSPS) is 17.1. The van der Waals surface area contributed by atoms with Crippen LogP contribution in [-0.2, 0) is 15.6 Å². The van der Waals surface area contributed by atoms with Crippen molar-refractivity contribution in [3.05, 3.63) is 113 Å². The molecular formula is C34H29F7O3. The van der Waals surface area contributed by atoms with Crippen LogP contribution in [0.1, 0.15) is 50.0 Å². The van der Waals surface area contributed by atoms with E-state index >= 15 is 8.78 Å². The van der Waals surface area contributed by atoms with E-state index in [1.165, 1.54) is 30.3 Å². The van der Waals surface area contributed by atoms with Crippen molar-refractivity contribution in [2.24, 2.45) is 5.92 Å². The van der Waals surface area contributed by atoms with E-state index in [-0.39, 0.29) is 22.6 Å². The molecule has 0 atom stereocenters. The SMILES string of the molecule is CCCCCC1COC(c2cc(F)c(C(F)(F)Oc3ccc(-c4ccc(-c5ccc(F)c(F)c5)c(F)c4)cc3)c(F)c2)OC1. The van der Waals surface area contributed by atoms with Gasteiger partial charge < -0.3 is 14.2 Å². The van der Waals surface area contributed by atoms with Crippen LogP contribution >= 0.6 is 0 Å². The molecule has 0 N–H and O–H groups in total. The van der Waals surface area contributed by atoms with Crippen LogP contribution in [0.25, 0.3) is 22.3 Å². The van der Waals surface area contributed by atoms with Crippen molar-refractivity contribution in [2.75, 3.05) is 13.2 Å². The first-order valence-corrected chi connectivity index (χ1v) is 14.2. The van der Waals surface area contributed by atoms with Crippen LogP contribution in [0.3, 0.4) is 0 Å². The molecule has 4 aromatic carbocycles. The monoisotopic (exact) mass is 618 g/mol. The maximum Gasteiger partial charge on any atom is 0.432 e. The molecule has 1 aliphatic rings. The molecule has 1 heterocycles. The Bertz CT molecular complexity index is 1580. The lowest BCUT2D eigenvalue weighted by molar-refractivity contribution is -0.206. The summed E-state index contributed by atoms with van der Waals surface area (Å²) in [5.41, 5.74) is -0.670. The number of ether oxygens (including phenoxy) is 3. The standard InChI is InChI=1S/C34H29F7O3/c1-2-3-4-5-20-18-42-33(43-19-20)24-16-30(38)32(31(39)17-24)34(40,41)44-25-10-6-21(7-11-25)22-8-12-26(28(36)14-22)23-9-13-27(35)29(37)15-23/h6-17,20,33H,2-5,18-19H2,1H3. The number of alkyl halides is 2. The van der Waals surface area contributed by atoms with Gasteiger partial charge in [0.25, 0.3) is 0 Å². The molecule has 0 aliphatic carbocycles. The van der Waals surface area contributed by atoms with Crippen LogP contribution in [-0.4, -0.2) is 13.2 Å². The van der Waals surface area contributed by atoms with Crippen LogP contribution in [0.2, 0.25) is 0 Å². The fraction of sp³-hybridized carbons (Fsp3) is 0.294. The molecule has 0 spiro atoms. The summed E-state index contributed by atoms with van der Waals surface area (Å²) in [6, 6.07) is 13.6. The maximum absolute atomic E-state index is 15.0. The van der Waals surface area contributed by atoms with Crippen molar-refractivity contribution in [1.82, 2.24) is 0 Å². The molecule has 1 fully saturated rings. The van der Waals surface area contributed by atoms with Crippen molar-refractivity contribution in [1.29, 1.82) is 0 Å². The molecule has 1 aliphatic heterocycles. The Morgan fingerprint density at radius 2 is 1.30 bits per heavy atom. The van der Waals surface area contributed by atoms with Crippen molar-refractivity contribution in [2.45, 2.75) is 45.0 Å². The van der Waals surface area contributed by atoms with E-state index in [0.717, 1.165) is 68.1 Å². The zero-order valence-corrected chi connectivity index (χ0v) is 23.7. The Labute approximate surface area is 250 Å². The lowest BCUT2D eigenvalue weighted by Crippen LogP contribution is -2.28. The van der Waals surface area contributed by atoms with Gasteiger partial charge in [-0.25, -0.2) is 22.0 Å². The van der Waals surface area contributed by atoms with Gasteiger partial charge in [-0.05, 0) is 65.6 Å². The summed E-state index contributed by atoms with van der Waals surface area (Å²) in [6.07, 6.45) is -1.38. The number of benzene rings is 4. The maximum atomic E-state index is 15.0. The van der Waals surface area contributed by atoms with E-state index in [0.29, 0.717) is 24.3 Å². The van der Waals surface area contributed by atoms with Crippen LogP contribution in [0.5, 0.6) is 5.75 Å². The van der Waals surface area contributed by atoms with Gasteiger partial charge in [-0.2, -0.15) is 8.78 Å². The van der Waals surface area contributed by atoms with E-state index in [1.54, 1.807) is 0 Å². The Morgan fingerprint density at radius 3 is 1.91 bits per heavy atom. The summed E-state index contributed by atoms with van der Waals surface area (Å²) < 4.78 is 117. The highest BCUT2D eigenvalue weighted by Gasteiger charge is 2.42. The summed E-state index contributed by atoms with van der Waals surface area (Å²) in [5.74, 6) is -6.17. The van der Waals surface area contributed by atoms with Gasteiger partial charge >= 0.3 is 6.11 Å². The van der Waals surface area contributed by atoms with E-state index in [4.69, 9.17) is 14.2 Å². The molecule has 10 heteroatoms. The zero-order chi connectivity index (χ0) is 31.4. The van der Waals surface area contributed by atoms with Crippen LogP contribution < -0.4 is 4.74 Å². The quantitative estimate of drug-likeness (QED) is 0.131. The average Bonchev–Trinajstić information content (AvgIpc) is 2.99. The molecule has 0 saturated carbocycles. The van der Waals surface area contributed by atoms with Crippen molar-refractivity contribution < 1.29 is 44.9 Å². The summed E-state index contributed by atoms with van der Waals surface area (Å²) in [5, 5.41) is 0. The first kappa shape index (κ1) is 31.5. The Morgan fingerprint density at radius 1 is 0.682 bits per heavy atom. The van der Waals surface area contributed by atoms with Gasteiger partial charge in [-0.15, -0.1) is 0 Å². The fourth-order valence-electron chi connectivity index (χ4n) is 5.10. The van der Waals surface area contributed by atoms with Gasteiger partial charge in [-0.3, -0.25) is 0 Å². The minimum absolute atomic E-state index is 0.0375. The summed E-state index contributed by atoms with van der Waals surface area (Å²) in [7, 11) is 0. The predicted molar refractivity (Wildman–Crippen MR) is 150 cm³/mol. The Hall–Kier alpha value is -3.89. The molecule has 232 valence electrons. The molecule has 4 aromatic rings. The second kappa shape index (κ2) is 13.4. The van der Waals surface area contributed by atoms with Crippen molar-refractivity contribution >= 4 is 0 Å². The third kappa shape index (κ3) is 7.08. The molecule has 3 nitrogen and oxygen atoms in total. The first-order valence-electron chi connectivity index (χ1n) is 14.2. The number of halogens is 7. The zero-order valence-electron chi connectivity index (χ0n) is 23.7. The smallest absolute Gasteiger partial charge is 0.429 e. The summed E-state index contributed by atoms with van der Waals surface area (Å²) in [4.78, 5) is 0. The molecule has 0 radical (unpaired) electrons. The second-order valence-electron chi connectivity index (χ2n) is 10.7. The van der Waals surface area contributed by atoms with E-state index in [1.807, 2.05) is 0 Å². The number of hydrogen-bond acceptors (Lipinski definition) is 3. The second-order valence-corrected chi connectivity index (χ2v) is 10.7. The minimum Gasteiger partial charge on any atom is -0.429 e. The largest absolute Gasteiger partial charge is 0.432 e. The molecular weight excluding hydrogens is 589 g/mol. The van der Waals surface area contributed by atoms with Crippen molar-refractivity contribution in [3.8, 4) is 28.0 Å². The van der Waals surface area contributed by atoms with Gasteiger partial charge in [0.2, 0.25) is 0 Å². The molecule has 44 heavy (non-hydrogen) atoms. The van der Waals surface area contributed by atoms with Gasteiger partial charge in [0.15, 0.2) is 17.9 Å². The van der Waals surface area contributed by atoms with Crippen molar-refractivity contribution in [3.63, 3.8) is 0 Å². The van der Waals surface area contributed by atoms with Gasteiger partial charge in [0.1, 0.15) is 28.8 Å². The van der Waals surface area contributed by atoms with Crippen LogP contribution in [0.15, 0.2) is 72.8 Å². The van der Waals surface area contributed by atoms with Gasteiger partial charge in [0, 0.05) is 17.0 Å². The molecule has 0 unspecified atom stereocenters. The third-order valence-electron chi connectivity index (χ3n) is 7.44. The highest BCUT2D eigenvalue weighted by atomic mass is 19.3. The Kier molecular flexibility index (Phi) is 9.60. The topological polar surface area (TPSA) is 27.7 Å². The van der Waals surface area contributed by atoms with Gasteiger partial charge in [0.05, 0.1) is 13.2 Å². The van der Waals surface area contributed by atoms with E-state index in [2.05, 4.69) is 6.92 Å². The lowest BCUT2D eigenvalue weighted by atomic mass is 9.99. The average molecular weight is 619 g/mol. The summed E-state index contributed by atoms with van der Waals surface area (Å²) >= 11 is 0. The molecule has 0 aromatic heterocycles. The van der Waals surface area contributed by atoms with Crippen LogP contribution in [0.4, 0.5) is 30.7 Å². The molecule has 1 saturated heterocycles. The number of hydrogen-bond donors (Lipinski definition) is 0. The molecule has 5 rings (SSSR count). The molecule has 0 bridgehead atoms. The lowest BCUT2D eigenvalue weighted by Gasteiger charge is -2.30. The molecule has 0 amide bonds. The highest BCUT2D eigenvalue weighted by molar-refractivity contribution is 5.71.